The van der Waals surface area contributed by atoms with E-state index >= 15 is 0 Å². The number of allylic oxidation sites excluding steroid dienone is 2. The first-order chi connectivity index (χ1) is 7.04. The Morgan fingerprint density at radius 3 is 2.80 bits per heavy atom. The summed E-state index contributed by atoms with van der Waals surface area (Å²) in [5.74, 6) is 2.82. The Bertz CT molecular complexity index is 325. The lowest BCUT2D eigenvalue weighted by Crippen LogP contribution is -2.37. The van der Waals surface area contributed by atoms with Gasteiger partial charge in [-0.25, -0.2) is 0 Å². The molecule has 0 radical (unpaired) electrons. The minimum atomic E-state index is 0.677. The van der Waals surface area contributed by atoms with E-state index in [2.05, 4.69) is 33.8 Å². The normalized spacial score (nSPS) is 52.5. The third-order valence-corrected chi connectivity index (χ3v) is 6.28. The molecule has 0 aromatic heterocycles. The van der Waals surface area contributed by atoms with Crippen LogP contribution in [0, 0.1) is 28.6 Å². The van der Waals surface area contributed by atoms with Gasteiger partial charge >= 0.3 is 0 Å². The third-order valence-electron chi connectivity index (χ3n) is 6.28. The fraction of sp³-hybridized carbons (Fsp3) is 0.867. The molecule has 0 nitrogen and oxygen atoms in total. The summed E-state index contributed by atoms with van der Waals surface area (Å²) in [6.45, 7) is 9.81. The van der Waals surface area contributed by atoms with Gasteiger partial charge in [-0.15, -0.1) is 0 Å². The van der Waals surface area contributed by atoms with Crippen molar-refractivity contribution in [2.24, 2.45) is 28.6 Å². The van der Waals surface area contributed by atoms with Crippen LogP contribution in [-0.4, -0.2) is 0 Å². The van der Waals surface area contributed by atoms with Crippen molar-refractivity contribution < 1.29 is 0 Å². The Morgan fingerprint density at radius 2 is 2.13 bits per heavy atom. The molecule has 0 bridgehead atoms. The Kier molecular flexibility index (Phi) is 1.79. The molecule has 0 heterocycles. The smallest absolute Gasteiger partial charge is 0.0135 e. The van der Waals surface area contributed by atoms with E-state index in [0.717, 1.165) is 23.2 Å². The monoisotopic (exact) mass is 204 g/mol. The highest BCUT2D eigenvalue weighted by Gasteiger charge is 2.72. The van der Waals surface area contributed by atoms with Crippen molar-refractivity contribution in [3.05, 3.63) is 11.6 Å². The van der Waals surface area contributed by atoms with Gasteiger partial charge in [-0.1, -0.05) is 32.4 Å². The van der Waals surface area contributed by atoms with Gasteiger partial charge in [-0.3, -0.25) is 0 Å². The lowest BCUT2D eigenvalue weighted by molar-refractivity contribution is 0.0696. The van der Waals surface area contributed by atoms with E-state index in [1.54, 1.807) is 5.57 Å². The van der Waals surface area contributed by atoms with Crippen LogP contribution >= 0.6 is 0 Å². The maximum Gasteiger partial charge on any atom is -0.0135 e. The van der Waals surface area contributed by atoms with Crippen LogP contribution in [0.4, 0.5) is 0 Å². The Labute approximate surface area is 94.1 Å². The summed E-state index contributed by atoms with van der Waals surface area (Å²) in [5.41, 5.74) is 3.12. The maximum atomic E-state index is 2.56. The van der Waals surface area contributed by atoms with Crippen LogP contribution in [0.5, 0.6) is 0 Å². The lowest BCUT2D eigenvalue weighted by atomic mass is 9.60. The van der Waals surface area contributed by atoms with E-state index in [1.807, 2.05) is 0 Å². The average molecular weight is 204 g/mol. The largest absolute Gasteiger partial charge is 0.0847 e. The molecule has 0 N–H and O–H groups in total. The molecule has 0 amide bonds. The Morgan fingerprint density at radius 1 is 1.40 bits per heavy atom. The number of hydrogen-bond donors (Lipinski definition) is 0. The standard InChI is InChI=1S/C15H24/c1-10(2)14-7-5-11(3)13-9-15(13,14)12(4)6-8-14/h5,10,12-13H,6-9H2,1-4H3/t12-,13+,14-,15-/m1/s1. The van der Waals surface area contributed by atoms with Crippen LogP contribution in [0.15, 0.2) is 11.6 Å². The topological polar surface area (TPSA) is 0 Å². The zero-order valence-corrected chi connectivity index (χ0v) is 10.6. The highest BCUT2D eigenvalue weighted by atomic mass is 14.8. The summed E-state index contributed by atoms with van der Waals surface area (Å²) >= 11 is 0. The molecule has 0 aromatic rings. The molecule has 0 heteroatoms. The second-order valence-electron chi connectivity index (χ2n) is 6.70. The van der Waals surface area contributed by atoms with Gasteiger partial charge in [0.05, 0.1) is 0 Å². The zero-order chi connectivity index (χ0) is 10.8. The first-order valence-corrected chi connectivity index (χ1v) is 6.71. The fourth-order valence-corrected chi connectivity index (χ4v) is 5.24. The second kappa shape index (κ2) is 2.70. The molecule has 3 aliphatic carbocycles. The third kappa shape index (κ3) is 0.905. The second-order valence-corrected chi connectivity index (χ2v) is 6.70. The Hall–Kier alpha value is -0.260. The molecule has 1 spiro atoms. The summed E-state index contributed by atoms with van der Waals surface area (Å²) in [6, 6.07) is 0. The zero-order valence-electron chi connectivity index (χ0n) is 10.6. The molecule has 2 saturated carbocycles. The van der Waals surface area contributed by atoms with Crippen LogP contribution in [0.1, 0.15) is 53.4 Å². The highest BCUT2D eigenvalue weighted by Crippen LogP contribution is 2.80. The van der Waals surface area contributed by atoms with Gasteiger partial charge in [0.2, 0.25) is 0 Å². The van der Waals surface area contributed by atoms with E-state index in [1.165, 1.54) is 25.7 Å². The molecule has 3 rings (SSSR count). The predicted octanol–water partition coefficient (Wildman–Crippen LogP) is 4.42. The summed E-state index contributed by atoms with van der Waals surface area (Å²) in [4.78, 5) is 0. The van der Waals surface area contributed by atoms with Crippen molar-refractivity contribution in [2.75, 3.05) is 0 Å². The molecule has 84 valence electrons. The average Bonchev–Trinajstić information content (AvgIpc) is 2.87. The maximum absolute atomic E-state index is 2.56. The molecule has 2 fully saturated rings. The molecular formula is C15H24. The minimum absolute atomic E-state index is 0.677. The van der Waals surface area contributed by atoms with Gasteiger partial charge in [-0.2, -0.15) is 0 Å². The number of rotatable bonds is 1. The van der Waals surface area contributed by atoms with Crippen molar-refractivity contribution in [2.45, 2.75) is 53.4 Å². The molecule has 15 heavy (non-hydrogen) atoms. The van der Waals surface area contributed by atoms with Gasteiger partial charge < -0.3 is 0 Å². The molecule has 0 aliphatic heterocycles. The summed E-state index contributed by atoms with van der Waals surface area (Å²) < 4.78 is 0. The molecular weight excluding hydrogens is 180 g/mol. The van der Waals surface area contributed by atoms with Crippen molar-refractivity contribution in [3.63, 3.8) is 0 Å². The van der Waals surface area contributed by atoms with Crippen LogP contribution in [0.25, 0.3) is 0 Å². The lowest BCUT2D eigenvalue weighted by Gasteiger charge is -2.44. The van der Waals surface area contributed by atoms with Crippen molar-refractivity contribution in [1.29, 1.82) is 0 Å². The highest BCUT2D eigenvalue weighted by molar-refractivity contribution is 5.33. The van der Waals surface area contributed by atoms with E-state index < -0.39 is 0 Å². The Balaban J connectivity index is 2.08. The van der Waals surface area contributed by atoms with Crippen molar-refractivity contribution >= 4 is 0 Å². The van der Waals surface area contributed by atoms with Gasteiger partial charge in [-0.05, 0) is 61.2 Å². The van der Waals surface area contributed by atoms with Crippen LogP contribution in [0.2, 0.25) is 0 Å². The van der Waals surface area contributed by atoms with Gasteiger partial charge in [0.25, 0.3) is 0 Å². The number of hydrogen-bond acceptors (Lipinski definition) is 0. The first-order valence-electron chi connectivity index (χ1n) is 6.71. The minimum Gasteiger partial charge on any atom is -0.0847 e. The van der Waals surface area contributed by atoms with Crippen LogP contribution in [-0.2, 0) is 0 Å². The van der Waals surface area contributed by atoms with Crippen LogP contribution < -0.4 is 0 Å². The van der Waals surface area contributed by atoms with E-state index in [0.29, 0.717) is 5.41 Å². The summed E-state index contributed by atoms with van der Waals surface area (Å²) in [5, 5.41) is 0. The quantitative estimate of drug-likeness (QED) is 0.555. The van der Waals surface area contributed by atoms with E-state index in [-0.39, 0.29) is 0 Å². The van der Waals surface area contributed by atoms with Crippen molar-refractivity contribution in [3.8, 4) is 0 Å². The van der Waals surface area contributed by atoms with Crippen molar-refractivity contribution in [1.82, 2.24) is 0 Å². The molecule has 0 saturated heterocycles. The SMILES string of the molecule is CC1=CC[C@]2(C(C)C)CC[C@@H](C)[C@@]23C[C@@H]13. The summed E-state index contributed by atoms with van der Waals surface area (Å²) in [7, 11) is 0. The molecule has 0 unspecified atom stereocenters. The van der Waals surface area contributed by atoms with Gasteiger partial charge in [0.15, 0.2) is 0 Å². The molecule has 3 aliphatic rings. The fourth-order valence-electron chi connectivity index (χ4n) is 5.24. The van der Waals surface area contributed by atoms with Crippen LogP contribution in [0.3, 0.4) is 0 Å². The van der Waals surface area contributed by atoms with E-state index in [4.69, 9.17) is 0 Å². The molecule has 4 atom stereocenters. The first kappa shape index (κ1) is 9.93. The van der Waals surface area contributed by atoms with E-state index in [9.17, 15) is 0 Å². The summed E-state index contributed by atoms with van der Waals surface area (Å²) in [6.07, 6.45) is 8.42. The van der Waals surface area contributed by atoms with Gasteiger partial charge in [0.1, 0.15) is 0 Å². The molecule has 0 aromatic carbocycles. The van der Waals surface area contributed by atoms with Gasteiger partial charge in [0, 0.05) is 0 Å². The predicted molar refractivity (Wildman–Crippen MR) is 64.6 cm³/mol.